The lowest BCUT2D eigenvalue weighted by molar-refractivity contribution is -0.125. The summed E-state index contributed by atoms with van der Waals surface area (Å²) in [5.74, 6) is -0.942. The lowest BCUT2D eigenvalue weighted by atomic mass is 9.99. The minimum absolute atomic E-state index is 0.105. The van der Waals surface area contributed by atoms with Gasteiger partial charge >= 0.3 is 0 Å². The van der Waals surface area contributed by atoms with Crippen LogP contribution in [0.3, 0.4) is 0 Å². The first kappa shape index (κ1) is 16.3. The first-order valence-corrected chi connectivity index (χ1v) is 7.52. The quantitative estimate of drug-likeness (QED) is 0.621. The van der Waals surface area contributed by atoms with E-state index in [4.69, 9.17) is 0 Å². The van der Waals surface area contributed by atoms with Gasteiger partial charge in [0.25, 0.3) is 5.91 Å². The van der Waals surface area contributed by atoms with Gasteiger partial charge in [-0.2, -0.15) is 0 Å². The summed E-state index contributed by atoms with van der Waals surface area (Å²) in [5.41, 5.74) is 1.01. The third kappa shape index (κ3) is 3.40. The maximum absolute atomic E-state index is 13.7. The number of likely N-dealkylation sites (tertiary alicyclic amines) is 1. The van der Waals surface area contributed by atoms with Crippen LogP contribution >= 0.6 is 0 Å². The zero-order chi connectivity index (χ0) is 16.3. The van der Waals surface area contributed by atoms with E-state index in [1.807, 2.05) is 13.8 Å². The van der Waals surface area contributed by atoms with Gasteiger partial charge in [-0.05, 0) is 42.5 Å². The van der Waals surface area contributed by atoms with Crippen LogP contribution in [0.25, 0.3) is 0 Å². The molecule has 0 bridgehead atoms. The molecule has 4 nitrogen and oxygen atoms in total. The molecule has 1 fully saturated rings. The first-order valence-electron chi connectivity index (χ1n) is 7.52. The van der Waals surface area contributed by atoms with E-state index in [0.717, 1.165) is 5.56 Å². The number of ketones is 1. The van der Waals surface area contributed by atoms with Crippen LogP contribution in [-0.2, 0) is 9.59 Å². The molecule has 1 atom stereocenters. The summed E-state index contributed by atoms with van der Waals surface area (Å²) in [6.07, 6.45) is 1.65. The van der Waals surface area contributed by atoms with Crippen LogP contribution < -0.4 is 0 Å². The van der Waals surface area contributed by atoms with Gasteiger partial charge in [-0.1, -0.05) is 13.8 Å². The summed E-state index contributed by atoms with van der Waals surface area (Å²) in [5, 5.41) is 0. The number of nitrogens with zero attached hydrogens (tertiary/aromatic N) is 1. The number of amides is 1. The van der Waals surface area contributed by atoms with Gasteiger partial charge in [0, 0.05) is 12.1 Å². The van der Waals surface area contributed by atoms with E-state index in [0.29, 0.717) is 25.7 Å². The van der Waals surface area contributed by atoms with Gasteiger partial charge in [0.1, 0.15) is 12.1 Å². The van der Waals surface area contributed by atoms with E-state index in [-0.39, 0.29) is 29.6 Å². The van der Waals surface area contributed by atoms with Crippen LogP contribution in [0.2, 0.25) is 0 Å². The zero-order valence-electron chi connectivity index (χ0n) is 12.8. The third-order valence-corrected chi connectivity index (χ3v) is 4.00. The highest BCUT2D eigenvalue weighted by Gasteiger charge is 2.34. The van der Waals surface area contributed by atoms with E-state index in [2.05, 4.69) is 0 Å². The zero-order valence-corrected chi connectivity index (χ0v) is 12.8. The molecule has 0 aliphatic carbocycles. The van der Waals surface area contributed by atoms with Crippen molar-refractivity contribution < 1.29 is 18.8 Å². The highest BCUT2D eigenvalue weighted by molar-refractivity contribution is 6.00. The number of carbonyl (C=O) groups is 3. The monoisotopic (exact) mass is 305 g/mol. The van der Waals surface area contributed by atoms with Crippen molar-refractivity contribution in [1.82, 2.24) is 4.90 Å². The highest BCUT2D eigenvalue weighted by atomic mass is 19.1. The molecular formula is C17H20FNO3. The minimum atomic E-state index is -0.566. The number of carbonyl (C=O) groups excluding carboxylic acids is 3. The van der Waals surface area contributed by atoms with Crippen molar-refractivity contribution in [2.45, 2.75) is 45.1 Å². The fourth-order valence-electron chi connectivity index (χ4n) is 2.80. The molecule has 0 aromatic heterocycles. The lowest BCUT2D eigenvalue weighted by Gasteiger charge is -2.23. The second-order valence-corrected chi connectivity index (χ2v) is 5.92. The molecule has 1 aromatic carbocycles. The Morgan fingerprint density at radius 2 is 2.09 bits per heavy atom. The summed E-state index contributed by atoms with van der Waals surface area (Å²) < 4.78 is 13.7. The van der Waals surface area contributed by atoms with Crippen molar-refractivity contribution in [3.8, 4) is 0 Å². The predicted molar refractivity (Wildman–Crippen MR) is 80.2 cm³/mol. The molecule has 1 amide bonds. The number of hydrogen-bond acceptors (Lipinski definition) is 3. The van der Waals surface area contributed by atoms with E-state index in [1.54, 1.807) is 6.07 Å². The summed E-state index contributed by atoms with van der Waals surface area (Å²) in [6.45, 7) is 4.31. The second kappa shape index (κ2) is 6.81. The van der Waals surface area contributed by atoms with Crippen LogP contribution in [-0.4, -0.2) is 35.5 Å². The number of halogens is 1. The molecule has 1 aliphatic rings. The van der Waals surface area contributed by atoms with Crippen LogP contribution in [0.1, 0.15) is 54.9 Å². The fourth-order valence-corrected chi connectivity index (χ4v) is 2.80. The highest BCUT2D eigenvalue weighted by Crippen LogP contribution is 2.24. The van der Waals surface area contributed by atoms with Crippen LogP contribution in [0, 0.1) is 5.82 Å². The number of Topliss-reactive ketones (excluding diaryl/α,β-unsaturated/α-hetero) is 1. The van der Waals surface area contributed by atoms with E-state index < -0.39 is 11.9 Å². The van der Waals surface area contributed by atoms with Gasteiger partial charge in [0.05, 0.1) is 12.5 Å². The average molecular weight is 305 g/mol. The molecule has 22 heavy (non-hydrogen) atoms. The maximum atomic E-state index is 13.7. The van der Waals surface area contributed by atoms with Gasteiger partial charge in [0.2, 0.25) is 0 Å². The number of rotatable bonds is 5. The molecule has 1 aliphatic heterocycles. The van der Waals surface area contributed by atoms with Crippen molar-refractivity contribution in [1.29, 1.82) is 0 Å². The Hall–Kier alpha value is -2.04. The molecule has 118 valence electrons. The molecule has 1 aromatic rings. The molecule has 1 heterocycles. The van der Waals surface area contributed by atoms with E-state index in [1.165, 1.54) is 17.0 Å². The van der Waals surface area contributed by atoms with E-state index in [9.17, 15) is 18.8 Å². The van der Waals surface area contributed by atoms with E-state index >= 15 is 0 Å². The van der Waals surface area contributed by atoms with Gasteiger partial charge in [-0.25, -0.2) is 4.39 Å². The number of hydrogen-bond donors (Lipinski definition) is 0. The standard InChI is InChI=1S/C17H20FNO3/c1-11(2)12-8-13(10-14(18)9-12)17(22)19-6-3-4-15(19)16(21)5-7-20/h7-11,15H,3-6H2,1-2H3. The topological polar surface area (TPSA) is 54.5 Å². The van der Waals surface area contributed by atoms with Gasteiger partial charge < -0.3 is 9.69 Å². The van der Waals surface area contributed by atoms with Crippen molar-refractivity contribution >= 4 is 18.0 Å². The molecule has 0 radical (unpaired) electrons. The minimum Gasteiger partial charge on any atom is -0.329 e. The molecular weight excluding hydrogens is 285 g/mol. The van der Waals surface area contributed by atoms with Crippen LogP contribution in [0.5, 0.6) is 0 Å². The largest absolute Gasteiger partial charge is 0.329 e. The summed E-state index contributed by atoms with van der Waals surface area (Å²) in [7, 11) is 0. The molecule has 0 saturated carbocycles. The molecule has 2 rings (SSSR count). The Morgan fingerprint density at radius 1 is 1.36 bits per heavy atom. The van der Waals surface area contributed by atoms with Gasteiger partial charge in [-0.3, -0.25) is 9.59 Å². The first-order chi connectivity index (χ1) is 10.4. The SMILES string of the molecule is CC(C)c1cc(F)cc(C(=O)N2CCCC2C(=O)CC=O)c1. The molecule has 0 N–H and O–H groups in total. The molecule has 0 spiro atoms. The average Bonchev–Trinajstić information content (AvgIpc) is 2.95. The Labute approximate surface area is 129 Å². The van der Waals surface area contributed by atoms with Crippen molar-refractivity contribution in [2.24, 2.45) is 0 Å². The Balaban J connectivity index is 2.27. The predicted octanol–water partition coefficient (Wildman–Crippen LogP) is 2.71. The summed E-state index contributed by atoms with van der Waals surface area (Å²) >= 11 is 0. The van der Waals surface area contributed by atoms with Crippen molar-refractivity contribution in [2.75, 3.05) is 6.54 Å². The fraction of sp³-hybridized carbons (Fsp3) is 0.471. The number of benzene rings is 1. The maximum Gasteiger partial charge on any atom is 0.254 e. The smallest absolute Gasteiger partial charge is 0.254 e. The normalized spacial score (nSPS) is 17.8. The van der Waals surface area contributed by atoms with Crippen LogP contribution in [0.4, 0.5) is 4.39 Å². The van der Waals surface area contributed by atoms with Gasteiger partial charge in [0.15, 0.2) is 5.78 Å². The van der Waals surface area contributed by atoms with Gasteiger partial charge in [-0.15, -0.1) is 0 Å². The third-order valence-electron chi connectivity index (χ3n) is 4.00. The molecule has 1 unspecified atom stereocenters. The summed E-state index contributed by atoms with van der Waals surface area (Å²) in [4.78, 5) is 36.5. The lowest BCUT2D eigenvalue weighted by Crippen LogP contribution is -2.40. The Bertz CT molecular complexity index is 598. The second-order valence-electron chi connectivity index (χ2n) is 5.92. The van der Waals surface area contributed by atoms with Crippen LogP contribution in [0.15, 0.2) is 18.2 Å². The molecule has 1 saturated heterocycles. The van der Waals surface area contributed by atoms with Crippen molar-refractivity contribution in [3.63, 3.8) is 0 Å². The van der Waals surface area contributed by atoms with Crippen molar-refractivity contribution in [3.05, 3.63) is 35.1 Å². The Kier molecular flexibility index (Phi) is 5.06. The summed E-state index contributed by atoms with van der Waals surface area (Å²) in [6, 6.07) is 3.73. The Morgan fingerprint density at radius 3 is 2.73 bits per heavy atom. The number of aldehydes is 1. The molecule has 5 heteroatoms.